The lowest BCUT2D eigenvalue weighted by Gasteiger charge is -2.25. The third kappa shape index (κ3) is 3.63. The van der Waals surface area contributed by atoms with Gasteiger partial charge in [-0.15, -0.1) is 0 Å². The second-order valence-electron chi connectivity index (χ2n) is 5.24. The van der Waals surface area contributed by atoms with Crippen LogP contribution in [0.2, 0.25) is 0 Å². The first-order valence-electron chi connectivity index (χ1n) is 7.21. The van der Waals surface area contributed by atoms with Crippen molar-refractivity contribution in [3.63, 3.8) is 0 Å². The van der Waals surface area contributed by atoms with Gasteiger partial charge in [0.05, 0.1) is 7.11 Å². The van der Waals surface area contributed by atoms with Gasteiger partial charge in [-0.05, 0) is 30.2 Å². The molecule has 0 aliphatic rings. The van der Waals surface area contributed by atoms with Crippen LogP contribution >= 0.6 is 0 Å². The SMILES string of the molecule is COc1cc(C(C)(OC)C(N)=O)ccc1OCc1ccccc1. The third-order valence-corrected chi connectivity index (χ3v) is 3.83. The van der Waals surface area contributed by atoms with Gasteiger partial charge in [-0.1, -0.05) is 36.4 Å². The van der Waals surface area contributed by atoms with E-state index in [1.54, 1.807) is 32.2 Å². The molecule has 0 radical (unpaired) electrons. The van der Waals surface area contributed by atoms with Crippen LogP contribution in [0.5, 0.6) is 11.5 Å². The molecule has 0 bridgehead atoms. The smallest absolute Gasteiger partial charge is 0.254 e. The van der Waals surface area contributed by atoms with Gasteiger partial charge < -0.3 is 19.9 Å². The molecule has 2 aromatic carbocycles. The largest absolute Gasteiger partial charge is 0.493 e. The molecule has 5 heteroatoms. The summed E-state index contributed by atoms with van der Waals surface area (Å²) in [5.41, 5.74) is 5.89. The van der Waals surface area contributed by atoms with Crippen molar-refractivity contribution in [3.8, 4) is 11.5 Å². The Bertz CT molecular complexity index is 672. The van der Waals surface area contributed by atoms with E-state index in [1.807, 2.05) is 30.3 Å². The van der Waals surface area contributed by atoms with Crippen LogP contribution in [0.15, 0.2) is 48.5 Å². The Kier molecular flexibility index (Phi) is 5.24. The second kappa shape index (κ2) is 7.15. The number of rotatable bonds is 7. The van der Waals surface area contributed by atoms with E-state index >= 15 is 0 Å². The van der Waals surface area contributed by atoms with Gasteiger partial charge in [-0.2, -0.15) is 0 Å². The van der Waals surface area contributed by atoms with Gasteiger partial charge in [0, 0.05) is 7.11 Å². The van der Waals surface area contributed by atoms with Crippen LogP contribution in [0.25, 0.3) is 0 Å². The summed E-state index contributed by atoms with van der Waals surface area (Å²) in [4.78, 5) is 11.7. The van der Waals surface area contributed by atoms with Crippen molar-refractivity contribution in [1.82, 2.24) is 0 Å². The van der Waals surface area contributed by atoms with Gasteiger partial charge in [0.1, 0.15) is 6.61 Å². The van der Waals surface area contributed by atoms with Gasteiger partial charge in [-0.25, -0.2) is 0 Å². The van der Waals surface area contributed by atoms with Crippen molar-refractivity contribution < 1.29 is 19.0 Å². The van der Waals surface area contributed by atoms with Crippen LogP contribution < -0.4 is 15.2 Å². The Morgan fingerprint density at radius 3 is 2.35 bits per heavy atom. The van der Waals surface area contributed by atoms with Crippen LogP contribution in [0.4, 0.5) is 0 Å². The highest BCUT2D eigenvalue weighted by atomic mass is 16.5. The van der Waals surface area contributed by atoms with Gasteiger partial charge in [-0.3, -0.25) is 4.79 Å². The first-order chi connectivity index (χ1) is 11.0. The monoisotopic (exact) mass is 315 g/mol. The molecule has 23 heavy (non-hydrogen) atoms. The average Bonchev–Trinajstić information content (AvgIpc) is 2.59. The topological polar surface area (TPSA) is 70.8 Å². The molecule has 0 spiro atoms. The molecule has 0 heterocycles. The van der Waals surface area contributed by atoms with Crippen molar-refractivity contribution in [3.05, 3.63) is 59.7 Å². The third-order valence-electron chi connectivity index (χ3n) is 3.83. The van der Waals surface area contributed by atoms with Crippen LogP contribution in [-0.2, 0) is 21.7 Å². The maximum atomic E-state index is 11.7. The van der Waals surface area contributed by atoms with Gasteiger partial charge in [0.15, 0.2) is 17.1 Å². The number of carbonyl (C=O) groups excluding carboxylic acids is 1. The van der Waals surface area contributed by atoms with E-state index in [1.165, 1.54) is 7.11 Å². The molecule has 2 rings (SSSR count). The zero-order valence-corrected chi connectivity index (χ0v) is 13.5. The molecular weight excluding hydrogens is 294 g/mol. The van der Waals surface area contributed by atoms with Gasteiger partial charge in [0.2, 0.25) is 0 Å². The number of amides is 1. The van der Waals surface area contributed by atoms with Crippen LogP contribution in [0.3, 0.4) is 0 Å². The quantitative estimate of drug-likeness (QED) is 0.852. The highest BCUT2D eigenvalue weighted by Gasteiger charge is 2.33. The van der Waals surface area contributed by atoms with E-state index in [9.17, 15) is 4.79 Å². The Morgan fingerprint density at radius 1 is 1.09 bits per heavy atom. The molecule has 0 saturated heterocycles. The predicted molar refractivity (Wildman–Crippen MR) is 87.3 cm³/mol. The standard InChI is InChI=1S/C18H21NO4/c1-18(22-3,17(19)20)14-9-10-15(16(11-14)21-2)23-12-13-7-5-4-6-8-13/h4-11H,12H2,1-3H3,(H2,19,20). The number of ether oxygens (including phenoxy) is 3. The summed E-state index contributed by atoms with van der Waals surface area (Å²) in [7, 11) is 2.99. The van der Waals surface area contributed by atoms with E-state index in [2.05, 4.69) is 0 Å². The predicted octanol–water partition coefficient (Wildman–Crippen LogP) is 2.62. The molecule has 1 unspecified atom stereocenters. The van der Waals surface area contributed by atoms with Crippen molar-refractivity contribution in [2.24, 2.45) is 5.73 Å². The zero-order chi connectivity index (χ0) is 16.9. The van der Waals surface area contributed by atoms with Crippen molar-refractivity contribution in [2.45, 2.75) is 19.1 Å². The highest BCUT2D eigenvalue weighted by molar-refractivity contribution is 5.84. The second-order valence-corrected chi connectivity index (χ2v) is 5.24. The Balaban J connectivity index is 2.24. The number of hydrogen-bond donors (Lipinski definition) is 1. The van der Waals surface area contributed by atoms with E-state index in [0.717, 1.165) is 5.56 Å². The molecule has 0 fully saturated rings. The lowest BCUT2D eigenvalue weighted by molar-refractivity contribution is -0.139. The molecule has 1 amide bonds. The summed E-state index contributed by atoms with van der Waals surface area (Å²) < 4.78 is 16.4. The fraction of sp³-hybridized carbons (Fsp3) is 0.278. The number of nitrogens with two attached hydrogens (primary N) is 1. The van der Waals surface area contributed by atoms with Crippen molar-refractivity contribution in [2.75, 3.05) is 14.2 Å². The average molecular weight is 315 g/mol. The maximum absolute atomic E-state index is 11.7. The summed E-state index contributed by atoms with van der Waals surface area (Å²) in [5.74, 6) is 0.533. The Hall–Kier alpha value is -2.53. The molecule has 5 nitrogen and oxygen atoms in total. The molecule has 2 aromatic rings. The number of primary amides is 1. The van der Waals surface area contributed by atoms with Crippen LogP contribution in [-0.4, -0.2) is 20.1 Å². The molecule has 122 valence electrons. The molecular formula is C18H21NO4. The molecule has 1 atom stereocenters. The number of hydrogen-bond acceptors (Lipinski definition) is 4. The molecule has 0 saturated carbocycles. The van der Waals surface area contributed by atoms with Crippen molar-refractivity contribution in [1.29, 1.82) is 0 Å². The van der Waals surface area contributed by atoms with E-state index in [4.69, 9.17) is 19.9 Å². The number of carbonyl (C=O) groups is 1. The minimum absolute atomic E-state index is 0.425. The number of benzene rings is 2. The summed E-state index contributed by atoms with van der Waals surface area (Å²) in [6.07, 6.45) is 0. The summed E-state index contributed by atoms with van der Waals surface area (Å²) >= 11 is 0. The summed E-state index contributed by atoms with van der Waals surface area (Å²) in [5, 5.41) is 0. The zero-order valence-electron chi connectivity index (χ0n) is 13.5. The maximum Gasteiger partial charge on any atom is 0.254 e. The normalized spacial score (nSPS) is 13.2. The first-order valence-corrected chi connectivity index (χ1v) is 7.21. The lowest BCUT2D eigenvalue weighted by atomic mass is 9.94. The van der Waals surface area contributed by atoms with Gasteiger partial charge in [0.25, 0.3) is 5.91 Å². The minimum Gasteiger partial charge on any atom is -0.493 e. The van der Waals surface area contributed by atoms with Crippen LogP contribution in [0.1, 0.15) is 18.1 Å². The fourth-order valence-corrected chi connectivity index (χ4v) is 2.18. The van der Waals surface area contributed by atoms with Crippen molar-refractivity contribution >= 4 is 5.91 Å². The minimum atomic E-state index is -1.22. The Morgan fingerprint density at radius 2 is 1.78 bits per heavy atom. The summed E-state index contributed by atoms with van der Waals surface area (Å²) in [6, 6.07) is 15.0. The molecule has 2 N–H and O–H groups in total. The van der Waals surface area contributed by atoms with E-state index in [-0.39, 0.29) is 0 Å². The number of methoxy groups -OCH3 is 2. The fourth-order valence-electron chi connectivity index (χ4n) is 2.18. The first kappa shape index (κ1) is 16.8. The van der Waals surface area contributed by atoms with Crippen LogP contribution in [0, 0.1) is 0 Å². The molecule has 0 aliphatic carbocycles. The summed E-state index contributed by atoms with van der Waals surface area (Å²) in [6.45, 7) is 2.04. The molecule has 0 aliphatic heterocycles. The lowest BCUT2D eigenvalue weighted by Crippen LogP contribution is -2.40. The molecule has 0 aromatic heterocycles. The highest BCUT2D eigenvalue weighted by Crippen LogP contribution is 2.34. The Labute approximate surface area is 136 Å². The van der Waals surface area contributed by atoms with Gasteiger partial charge >= 0.3 is 0 Å². The van der Waals surface area contributed by atoms with E-state index in [0.29, 0.717) is 23.7 Å². The van der Waals surface area contributed by atoms with E-state index < -0.39 is 11.5 Å².